The fourth-order valence-electron chi connectivity index (χ4n) is 2.83. The van der Waals surface area contributed by atoms with Gasteiger partial charge >= 0.3 is 11.7 Å². The number of nitro groups is 1. The van der Waals surface area contributed by atoms with Gasteiger partial charge in [-0.3, -0.25) is 24.7 Å². The molecule has 0 spiro atoms. The molecule has 8 heteroatoms. The molecule has 0 aromatic heterocycles. The van der Waals surface area contributed by atoms with Crippen molar-refractivity contribution in [3.8, 4) is 5.75 Å². The maximum Gasteiger partial charge on any atom is 0.332 e. The molecule has 0 unspecified atom stereocenters. The monoisotopic (exact) mass is 355 g/mol. The maximum atomic E-state index is 12.6. The normalized spacial score (nSPS) is 16.9. The fourth-order valence-corrected chi connectivity index (χ4v) is 2.83. The number of anilines is 1. The third-order valence-electron chi connectivity index (χ3n) is 4.12. The Kier molecular flexibility index (Phi) is 4.83. The van der Waals surface area contributed by atoms with E-state index in [2.05, 4.69) is 0 Å². The van der Waals surface area contributed by atoms with Crippen LogP contribution in [0.4, 0.5) is 16.2 Å². The summed E-state index contributed by atoms with van der Waals surface area (Å²) in [6, 6.07) is 13.9. The number of imide groups is 1. The van der Waals surface area contributed by atoms with Crippen molar-refractivity contribution in [1.82, 2.24) is 4.90 Å². The van der Waals surface area contributed by atoms with Gasteiger partial charge in [0.15, 0.2) is 5.75 Å². The number of nitrogens with zero attached hydrogens (tertiary/aromatic N) is 3. The summed E-state index contributed by atoms with van der Waals surface area (Å²) in [5.74, 6) is -0.227. The van der Waals surface area contributed by atoms with Gasteiger partial charge in [-0.1, -0.05) is 30.3 Å². The zero-order valence-electron chi connectivity index (χ0n) is 14.1. The number of rotatable bonds is 6. The van der Waals surface area contributed by atoms with Crippen molar-refractivity contribution in [3.05, 3.63) is 64.7 Å². The number of hydrogen-bond acceptors (Lipinski definition) is 5. The summed E-state index contributed by atoms with van der Waals surface area (Å²) < 4.78 is 5.43. The van der Waals surface area contributed by atoms with Crippen LogP contribution in [0.3, 0.4) is 0 Å². The van der Waals surface area contributed by atoms with E-state index in [4.69, 9.17) is 4.74 Å². The number of ether oxygens (including phenoxy) is 1. The van der Waals surface area contributed by atoms with Crippen LogP contribution in [-0.4, -0.2) is 41.0 Å². The molecule has 0 bridgehead atoms. The summed E-state index contributed by atoms with van der Waals surface area (Å²) in [7, 11) is 0. The summed E-state index contributed by atoms with van der Waals surface area (Å²) in [6.45, 7) is 1.64. The van der Waals surface area contributed by atoms with E-state index in [0.29, 0.717) is 5.69 Å². The molecule has 2 aromatic carbocycles. The number of carbonyl (C=O) groups excluding carboxylic acids is 2. The second kappa shape index (κ2) is 7.22. The average molecular weight is 355 g/mol. The second-order valence-electron chi connectivity index (χ2n) is 5.73. The van der Waals surface area contributed by atoms with Gasteiger partial charge in [-0.15, -0.1) is 0 Å². The largest absolute Gasteiger partial charge is 0.485 e. The van der Waals surface area contributed by atoms with Gasteiger partial charge in [0.05, 0.1) is 11.5 Å². The Morgan fingerprint density at radius 1 is 1.08 bits per heavy atom. The first-order valence-electron chi connectivity index (χ1n) is 8.06. The molecule has 134 valence electrons. The number of amides is 3. The first-order valence-corrected chi connectivity index (χ1v) is 8.06. The molecule has 3 rings (SSSR count). The quantitative estimate of drug-likeness (QED) is 0.451. The Morgan fingerprint density at radius 2 is 1.73 bits per heavy atom. The Labute approximate surface area is 149 Å². The number of hydrogen-bond donors (Lipinski definition) is 0. The van der Waals surface area contributed by atoms with E-state index in [0.717, 1.165) is 4.90 Å². The molecule has 8 nitrogen and oxygen atoms in total. The SMILES string of the molecule is C[C@@H]1C(=O)N(CCOc2ccccc2[N+](=O)[O-])C(=O)N1c1ccccc1. The van der Waals surface area contributed by atoms with E-state index >= 15 is 0 Å². The third kappa shape index (κ3) is 3.21. The molecule has 0 aliphatic carbocycles. The van der Waals surface area contributed by atoms with E-state index in [1.165, 1.54) is 23.1 Å². The molecule has 1 heterocycles. The zero-order valence-corrected chi connectivity index (χ0v) is 14.1. The van der Waals surface area contributed by atoms with Crippen LogP contribution in [0.15, 0.2) is 54.6 Å². The molecule has 1 aliphatic heterocycles. The zero-order chi connectivity index (χ0) is 18.7. The van der Waals surface area contributed by atoms with E-state index in [1.54, 1.807) is 37.3 Å². The first-order chi connectivity index (χ1) is 12.5. The Bertz CT molecular complexity index is 840. The van der Waals surface area contributed by atoms with Crippen LogP contribution in [0, 0.1) is 10.1 Å². The molecule has 0 radical (unpaired) electrons. The lowest BCUT2D eigenvalue weighted by molar-refractivity contribution is -0.385. The lowest BCUT2D eigenvalue weighted by atomic mass is 10.2. The molecule has 3 amide bonds. The number of nitro benzene ring substituents is 1. The standard InChI is InChI=1S/C18H17N3O5/c1-13-17(22)19(18(23)20(13)14-7-3-2-4-8-14)11-12-26-16-10-6-5-9-15(16)21(24)25/h2-10,13H,11-12H2,1H3/t13-/m1/s1. The van der Waals surface area contributed by atoms with Gasteiger partial charge in [0.1, 0.15) is 12.6 Å². The highest BCUT2D eigenvalue weighted by atomic mass is 16.6. The molecule has 2 aromatic rings. The number of urea groups is 1. The minimum absolute atomic E-state index is 0.0113. The minimum atomic E-state index is -0.615. The molecular weight excluding hydrogens is 338 g/mol. The van der Waals surface area contributed by atoms with Crippen molar-refractivity contribution < 1.29 is 19.2 Å². The molecule has 0 N–H and O–H groups in total. The summed E-state index contributed by atoms with van der Waals surface area (Å²) in [6.07, 6.45) is 0. The smallest absolute Gasteiger partial charge is 0.332 e. The molecule has 1 atom stereocenters. The van der Waals surface area contributed by atoms with E-state index in [1.807, 2.05) is 6.07 Å². The van der Waals surface area contributed by atoms with Gasteiger partial charge in [-0.25, -0.2) is 4.79 Å². The highest BCUT2D eigenvalue weighted by Crippen LogP contribution is 2.27. The number of carbonyl (C=O) groups is 2. The molecule has 1 saturated heterocycles. The molecule has 1 fully saturated rings. The van der Waals surface area contributed by atoms with Crippen LogP contribution in [0.25, 0.3) is 0 Å². The van der Waals surface area contributed by atoms with Crippen molar-refractivity contribution in [2.75, 3.05) is 18.1 Å². The Hall–Kier alpha value is -3.42. The molecular formula is C18H17N3O5. The highest BCUT2D eigenvalue weighted by molar-refractivity contribution is 6.14. The van der Waals surface area contributed by atoms with Crippen molar-refractivity contribution in [1.29, 1.82) is 0 Å². The lowest BCUT2D eigenvalue weighted by Gasteiger charge is -2.19. The van der Waals surface area contributed by atoms with E-state index in [-0.39, 0.29) is 30.5 Å². The van der Waals surface area contributed by atoms with Crippen molar-refractivity contribution in [2.45, 2.75) is 13.0 Å². The fraction of sp³-hybridized carbons (Fsp3) is 0.222. The van der Waals surface area contributed by atoms with Crippen molar-refractivity contribution in [2.24, 2.45) is 0 Å². The predicted molar refractivity (Wildman–Crippen MR) is 94.1 cm³/mol. The predicted octanol–water partition coefficient (Wildman–Crippen LogP) is 2.83. The van der Waals surface area contributed by atoms with Crippen LogP contribution >= 0.6 is 0 Å². The molecule has 1 aliphatic rings. The van der Waals surface area contributed by atoms with Gasteiger partial charge in [0.25, 0.3) is 5.91 Å². The molecule has 26 heavy (non-hydrogen) atoms. The Morgan fingerprint density at radius 3 is 2.42 bits per heavy atom. The highest BCUT2D eigenvalue weighted by Gasteiger charge is 2.43. The summed E-state index contributed by atoms with van der Waals surface area (Å²) in [5.41, 5.74) is 0.478. The van der Waals surface area contributed by atoms with Crippen LogP contribution in [-0.2, 0) is 4.79 Å². The van der Waals surface area contributed by atoms with Crippen LogP contribution < -0.4 is 9.64 Å². The average Bonchev–Trinajstić information content (AvgIpc) is 2.86. The lowest BCUT2D eigenvalue weighted by Crippen LogP contribution is -2.36. The summed E-state index contributed by atoms with van der Waals surface area (Å²) in [5, 5.41) is 11.0. The van der Waals surface area contributed by atoms with Crippen LogP contribution in [0.2, 0.25) is 0 Å². The van der Waals surface area contributed by atoms with Crippen molar-refractivity contribution >= 4 is 23.3 Å². The van der Waals surface area contributed by atoms with E-state index in [9.17, 15) is 19.7 Å². The van der Waals surface area contributed by atoms with E-state index < -0.39 is 17.0 Å². The van der Waals surface area contributed by atoms with Gasteiger partial charge in [-0.2, -0.15) is 0 Å². The van der Waals surface area contributed by atoms with Gasteiger partial charge in [-0.05, 0) is 25.1 Å². The van der Waals surface area contributed by atoms with Crippen LogP contribution in [0.5, 0.6) is 5.75 Å². The minimum Gasteiger partial charge on any atom is -0.485 e. The van der Waals surface area contributed by atoms with Gasteiger partial charge in [0, 0.05) is 11.8 Å². The topological polar surface area (TPSA) is 93.0 Å². The van der Waals surface area contributed by atoms with Crippen LogP contribution in [0.1, 0.15) is 6.92 Å². The number of para-hydroxylation sites is 3. The maximum absolute atomic E-state index is 12.6. The van der Waals surface area contributed by atoms with Gasteiger partial charge in [0.2, 0.25) is 0 Å². The summed E-state index contributed by atoms with van der Waals surface area (Å²) >= 11 is 0. The Balaban J connectivity index is 1.68. The first kappa shape index (κ1) is 17.4. The third-order valence-corrected chi connectivity index (χ3v) is 4.12. The second-order valence-corrected chi connectivity index (χ2v) is 5.73. The van der Waals surface area contributed by atoms with Crippen molar-refractivity contribution in [3.63, 3.8) is 0 Å². The number of benzene rings is 2. The summed E-state index contributed by atoms with van der Waals surface area (Å²) in [4.78, 5) is 38.0. The molecule has 0 saturated carbocycles. The van der Waals surface area contributed by atoms with Gasteiger partial charge < -0.3 is 4.74 Å².